The molecule has 0 unspecified atom stereocenters. The summed E-state index contributed by atoms with van der Waals surface area (Å²) in [6.07, 6.45) is 2.06. The van der Waals surface area contributed by atoms with E-state index in [-0.39, 0.29) is 5.91 Å². The van der Waals surface area contributed by atoms with Gasteiger partial charge in [-0.2, -0.15) is 0 Å². The minimum atomic E-state index is 0.0467. The second-order valence-corrected chi connectivity index (χ2v) is 5.31. The third-order valence-electron chi connectivity index (χ3n) is 3.81. The number of aryl methyl sites for hydroxylation is 1. The van der Waals surface area contributed by atoms with E-state index in [9.17, 15) is 4.79 Å². The van der Waals surface area contributed by atoms with Gasteiger partial charge in [-0.1, -0.05) is 26.0 Å². The van der Waals surface area contributed by atoms with Crippen LogP contribution < -0.4 is 5.32 Å². The number of carbonyl (C=O) groups is 1. The van der Waals surface area contributed by atoms with Gasteiger partial charge in [0.15, 0.2) is 0 Å². The van der Waals surface area contributed by atoms with E-state index in [2.05, 4.69) is 24.1 Å². The molecule has 1 aromatic heterocycles. The molecule has 2 rings (SSSR count). The van der Waals surface area contributed by atoms with Crippen molar-refractivity contribution in [2.24, 2.45) is 0 Å². The zero-order valence-corrected chi connectivity index (χ0v) is 13.1. The summed E-state index contributed by atoms with van der Waals surface area (Å²) in [4.78, 5) is 14.3. The van der Waals surface area contributed by atoms with Crippen molar-refractivity contribution < 1.29 is 9.21 Å². The monoisotopic (exact) mass is 288 g/mol. The maximum absolute atomic E-state index is 12.0. The molecule has 0 bridgehead atoms. The molecule has 0 spiro atoms. The first-order valence-electron chi connectivity index (χ1n) is 7.59. The van der Waals surface area contributed by atoms with Gasteiger partial charge in [0.1, 0.15) is 5.58 Å². The number of nitrogens with one attached hydrogen (secondary N) is 1. The predicted octanol–water partition coefficient (Wildman–Crippen LogP) is 2.74. The molecule has 4 heteroatoms. The standard InChI is InChI=1S/C17H24N2O2/c1-4-19(5-2)9-8-18-17(20)11-14-12-21-16-10-13(3)6-7-15(14)16/h6-7,10,12H,4-5,8-9,11H2,1-3H3,(H,18,20). The van der Waals surface area contributed by atoms with Gasteiger partial charge in [0.05, 0.1) is 12.7 Å². The quantitative estimate of drug-likeness (QED) is 0.852. The van der Waals surface area contributed by atoms with Crippen molar-refractivity contribution in [1.82, 2.24) is 10.2 Å². The number of furan rings is 1. The van der Waals surface area contributed by atoms with Gasteiger partial charge in [-0.3, -0.25) is 4.79 Å². The molecule has 0 radical (unpaired) electrons. The molecular weight excluding hydrogens is 264 g/mol. The Morgan fingerprint density at radius 1 is 1.29 bits per heavy atom. The molecule has 0 fully saturated rings. The number of fused-ring (bicyclic) bond motifs is 1. The predicted molar refractivity (Wildman–Crippen MR) is 85.5 cm³/mol. The molecule has 0 aliphatic carbocycles. The Labute approximate surface area is 126 Å². The largest absolute Gasteiger partial charge is 0.464 e. The fraction of sp³-hybridized carbons (Fsp3) is 0.471. The van der Waals surface area contributed by atoms with Gasteiger partial charge in [0.2, 0.25) is 5.91 Å². The van der Waals surface area contributed by atoms with Gasteiger partial charge >= 0.3 is 0 Å². The minimum Gasteiger partial charge on any atom is -0.464 e. The van der Waals surface area contributed by atoms with Crippen LogP contribution in [0.15, 0.2) is 28.9 Å². The van der Waals surface area contributed by atoms with Gasteiger partial charge in [-0.25, -0.2) is 0 Å². The summed E-state index contributed by atoms with van der Waals surface area (Å²) >= 11 is 0. The Morgan fingerprint density at radius 2 is 2.05 bits per heavy atom. The lowest BCUT2D eigenvalue weighted by molar-refractivity contribution is -0.120. The highest BCUT2D eigenvalue weighted by Crippen LogP contribution is 2.22. The summed E-state index contributed by atoms with van der Waals surface area (Å²) in [5.41, 5.74) is 2.96. The van der Waals surface area contributed by atoms with Crippen molar-refractivity contribution in [3.05, 3.63) is 35.6 Å². The number of carbonyl (C=O) groups excluding carboxylic acids is 1. The number of nitrogens with zero attached hydrogens (tertiary/aromatic N) is 1. The van der Waals surface area contributed by atoms with Crippen LogP contribution >= 0.6 is 0 Å². The topological polar surface area (TPSA) is 45.5 Å². The molecule has 4 nitrogen and oxygen atoms in total. The molecule has 21 heavy (non-hydrogen) atoms. The summed E-state index contributed by atoms with van der Waals surface area (Å²) in [7, 11) is 0. The van der Waals surface area contributed by atoms with Crippen molar-refractivity contribution in [1.29, 1.82) is 0 Å². The summed E-state index contributed by atoms with van der Waals surface area (Å²) in [5, 5.41) is 4.00. The number of hydrogen-bond donors (Lipinski definition) is 1. The van der Waals surface area contributed by atoms with E-state index in [1.165, 1.54) is 0 Å². The smallest absolute Gasteiger partial charge is 0.224 e. The van der Waals surface area contributed by atoms with Crippen LogP contribution in [0.5, 0.6) is 0 Å². The fourth-order valence-electron chi connectivity index (χ4n) is 2.46. The molecule has 0 aliphatic heterocycles. The van der Waals surface area contributed by atoms with E-state index in [4.69, 9.17) is 4.42 Å². The van der Waals surface area contributed by atoms with E-state index >= 15 is 0 Å². The van der Waals surface area contributed by atoms with E-state index in [1.807, 2.05) is 25.1 Å². The lowest BCUT2D eigenvalue weighted by atomic mass is 10.1. The van der Waals surface area contributed by atoms with Crippen molar-refractivity contribution in [3.8, 4) is 0 Å². The van der Waals surface area contributed by atoms with Gasteiger partial charge in [0.25, 0.3) is 0 Å². The maximum atomic E-state index is 12.0. The van der Waals surface area contributed by atoms with Crippen LogP contribution in [-0.4, -0.2) is 37.0 Å². The van der Waals surface area contributed by atoms with Gasteiger partial charge < -0.3 is 14.6 Å². The lowest BCUT2D eigenvalue weighted by Gasteiger charge is -2.17. The summed E-state index contributed by atoms with van der Waals surface area (Å²) in [5.74, 6) is 0.0467. The average molecular weight is 288 g/mol. The van der Waals surface area contributed by atoms with Crippen LogP contribution in [0.3, 0.4) is 0 Å². The van der Waals surface area contributed by atoms with E-state index < -0.39 is 0 Å². The zero-order valence-electron chi connectivity index (χ0n) is 13.1. The Balaban J connectivity index is 1.90. The lowest BCUT2D eigenvalue weighted by Crippen LogP contribution is -2.35. The van der Waals surface area contributed by atoms with E-state index in [0.29, 0.717) is 13.0 Å². The maximum Gasteiger partial charge on any atom is 0.224 e. The first-order chi connectivity index (χ1) is 10.1. The van der Waals surface area contributed by atoms with Gasteiger partial charge in [-0.15, -0.1) is 0 Å². The number of likely N-dealkylation sites (N-methyl/N-ethyl adjacent to an activating group) is 1. The molecule has 114 valence electrons. The molecule has 0 saturated heterocycles. The molecule has 1 N–H and O–H groups in total. The van der Waals surface area contributed by atoms with Crippen LogP contribution in [-0.2, 0) is 11.2 Å². The summed E-state index contributed by atoms with van der Waals surface area (Å²) in [6.45, 7) is 9.90. The van der Waals surface area contributed by atoms with Crippen LogP contribution in [0.25, 0.3) is 11.0 Å². The Kier molecular flexibility index (Phi) is 5.39. The van der Waals surface area contributed by atoms with E-state index in [1.54, 1.807) is 6.26 Å². The SMILES string of the molecule is CCN(CC)CCNC(=O)Cc1coc2cc(C)ccc12. The normalized spacial score (nSPS) is 11.2. The highest BCUT2D eigenvalue weighted by Gasteiger charge is 2.10. The second kappa shape index (κ2) is 7.27. The third kappa shape index (κ3) is 4.08. The number of benzene rings is 1. The van der Waals surface area contributed by atoms with Crippen LogP contribution in [0.4, 0.5) is 0 Å². The van der Waals surface area contributed by atoms with Gasteiger partial charge in [0, 0.05) is 24.0 Å². The zero-order chi connectivity index (χ0) is 15.2. The number of amides is 1. The third-order valence-corrected chi connectivity index (χ3v) is 3.81. The Bertz CT molecular complexity index is 600. The molecule has 0 atom stereocenters. The molecule has 0 saturated carbocycles. The molecule has 1 aromatic carbocycles. The van der Waals surface area contributed by atoms with Crippen molar-refractivity contribution in [3.63, 3.8) is 0 Å². The minimum absolute atomic E-state index is 0.0467. The first-order valence-corrected chi connectivity index (χ1v) is 7.59. The van der Waals surface area contributed by atoms with Crippen LogP contribution in [0.2, 0.25) is 0 Å². The summed E-state index contributed by atoms with van der Waals surface area (Å²) in [6, 6.07) is 6.06. The van der Waals surface area contributed by atoms with Crippen LogP contribution in [0, 0.1) is 6.92 Å². The molecule has 2 aromatic rings. The molecule has 1 heterocycles. The highest BCUT2D eigenvalue weighted by molar-refractivity contribution is 5.87. The first kappa shape index (κ1) is 15.6. The number of rotatable bonds is 7. The van der Waals surface area contributed by atoms with Crippen molar-refractivity contribution in [2.75, 3.05) is 26.2 Å². The van der Waals surface area contributed by atoms with Crippen LogP contribution in [0.1, 0.15) is 25.0 Å². The highest BCUT2D eigenvalue weighted by atomic mass is 16.3. The summed E-state index contributed by atoms with van der Waals surface area (Å²) < 4.78 is 5.52. The molecule has 1 amide bonds. The van der Waals surface area contributed by atoms with Crippen molar-refractivity contribution >= 4 is 16.9 Å². The van der Waals surface area contributed by atoms with Crippen molar-refractivity contribution in [2.45, 2.75) is 27.2 Å². The number of hydrogen-bond acceptors (Lipinski definition) is 3. The Hall–Kier alpha value is -1.81. The second-order valence-electron chi connectivity index (χ2n) is 5.31. The average Bonchev–Trinajstić information content (AvgIpc) is 2.85. The molecule has 0 aliphatic rings. The van der Waals surface area contributed by atoms with Gasteiger partial charge in [-0.05, 0) is 31.6 Å². The fourth-order valence-corrected chi connectivity index (χ4v) is 2.46. The molecular formula is C17H24N2O2. The Morgan fingerprint density at radius 3 is 2.76 bits per heavy atom. The van der Waals surface area contributed by atoms with E-state index in [0.717, 1.165) is 41.7 Å².